The van der Waals surface area contributed by atoms with Crippen molar-refractivity contribution in [3.05, 3.63) is 43.8 Å². The van der Waals surface area contributed by atoms with Crippen molar-refractivity contribution >= 4 is 51.3 Å². The summed E-state index contributed by atoms with van der Waals surface area (Å²) in [6.07, 6.45) is 2.12. The second-order valence-corrected chi connectivity index (χ2v) is 7.11. The van der Waals surface area contributed by atoms with Crippen molar-refractivity contribution in [2.45, 2.75) is 12.8 Å². The highest BCUT2D eigenvalue weighted by Crippen LogP contribution is 2.38. The molecule has 0 saturated heterocycles. The summed E-state index contributed by atoms with van der Waals surface area (Å²) in [6.45, 7) is 0. The van der Waals surface area contributed by atoms with Gasteiger partial charge in [0.25, 0.3) is 0 Å². The molecule has 2 aromatic rings. The van der Waals surface area contributed by atoms with Gasteiger partial charge in [0.1, 0.15) is 0 Å². The fourth-order valence-electron chi connectivity index (χ4n) is 1.85. The zero-order valence-electron chi connectivity index (χ0n) is 9.45. The quantitative estimate of drug-likeness (QED) is 0.517. The van der Waals surface area contributed by atoms with E-state index in [1.54, 1.807) is 11.3 Å². The molecule has 4 heteroatoms. The van der Waals surface area contributed by atoms with Gasteiger partial charge >= 0.3 is 0 Å². The molecule has 92 valence electrons. The maximum absolute atomic E-state index is 12.0. The number of carbonyl (C=O) groups excluding carboxylic acids is 1. The Labute approximate surface area is 128 Å². The first-order valence-corrected chi connectivity index (χ1v) is 8.02. The summed E-state index contributed by atoms with van der Waals surface area (Å²) in [5, 5.41) is 0.744. The van der Waals surface area contributed by atoms with Gasteiger partial charge < -0.3 is 0 Å². The molecular weight excluding hydrogens is 379 g/mol. The molecule has 1 heterocycles. The van der Waals surface area contributed by atoms with Crippen LogP contribution in [0.1, 0.15) is 22.5 Å². The van der Waals surface area contributed by atoms with E-state index in [0.717, 1.165) is 36.8 Å². The molecule has 1 aromatic carbocycles. The predicted octanol–water partition coefficient (Wildman–Crippen LogP) is 5.27. The number of benzene rings is 1. The van der Waals surface area contributed by atoms with Crippen molar-refractivity contribution < 1.29 is 4.79 Å². The van der Waals surface area contributed by atoms with Crippen molar-refractivity contribution in [3.63, 3.8) is 0 Å². The topological polar surface area (TPSA) is 17.1 Å². The predicted molar refractivity (Wildman–Crippen MR) is 84.5 cm³/mol. The lowest BCUT2D eigenvalue weighted by molar-refractivity contribution is 0.0971. The van der Waals surface area contributed by atoms with Crippen LogP contribution in [0.25, 0.3) is 10.4 Å². The van der Waals surface area contributed by atoms with Gasteiger partial charge in [-0.05, 0) is 59.7 Å². The van der Waals surface area contributed by atoms with Crippen LogP contribution in [0.3, 0.4) is 0 Å². The van der Waals surface area contributed by atoms with Gasteiger partial charge in [-0.2, -0.15) is 0 Å². The third-order valence-corrected chi connectivity index (χ3v) is 5.25. The van der Waals surface area contributed by atoms with Gasteiger partial charge in [-0.15, -0.1) is 11.3 Å². The van der Waals surface area contributed by atoms with Gasteiger partial charge in [0.15, 0.2) is 5.78 Å². The summed E-state index contributed by atoms with van der Waals surface area (Å²) in [4.78, 5) is 14.0. The Morgan fingerprint density at radius 1 is 1.28 bits per heavy atom. The number of carbonyl (C=O) groups is 1. The first-order valence-electron chi connectivity index (χ1n) is 5.74. The highest BCUT2D eigenvalue weighted by Gasteiger charge is 2.31. The van der Waals surface area contributed by atoms with E-state index in [1.165, 1.54) is 0 Å². The highest BCUT2D eigenvalue weighted by molar-refractivity contribution is 14.1. The standard InChI is InChI=1S/C14H10ClIOS/c15-9-3-4-10(11(16)7-9)12-5-6-13(18-12)14(17)8-1-2-8/h3-8H,1-2H2. The lowest BCUT2D eigenvalue weighted by Gasteiger charge is -2.01. The Morgan fingerprint density at radius 3 is 2.72 bits per heavy atom. The molecule has 3 rings (SSSR count). The number of hydrogen-bond donors (Lipinski definition) is 0. The molecule has 0 spiro atoms. The number of ketones is 1. The smallest absolute Gasteiger partial charge is 0.175 e. The Morgan fingerprint density at radius 2 is 2.06 bits per heavy atom. The minimum Gasteiger partial charge on any atom is -0.293 e. The maximum Gasteiger partial charge on any atom is 0.175 e. The van der Waals surface area contributed by atoms with Gasteiger partial charge in [0, 0.05) is 25.0 Å². The summed E-state index contributed by atoms with van der Waals surface area (Å²) in [6, 6.07) is 9.83. The molecule has 0 aliphatic heterocycles. The van der Waals surface area contributed by atoms with Crippen LogP contribution in [-0.4, -0.2) is 5.78 Å². The summed E-state index contributed by atoms with van der Waals surface area (Å²) in [5.41, 5.74) is 1.15. The van der Waals surface area contributed by atoms with Crippen molar-refractivity contribution in [1.82, 2.24) is 0 Å². The van der Waals surface area contributed by atoms with E-state index < -0.39 is 0 Å². The maximum atomic E-state index is 12.0. The molecule has 1 nitrogen and oxygen atoms in total. The summed E-state index contributed by atoms with van der Waals surface area (Å²) in [5.74, 6) is 0.607. The molecule has 1 aromatic heterocycles. The third kappa shape index (κ3) is 2.49. The van der Waals surface area contributed by atoms with Crippen molar-refractivity contribution in [2.24, 2.45) is 5.92 Å². The van der Waals surface area contributed by atoms with E-state index in [0.29, 0.717) is 11.7 Å². The number of rotatable bonds is 3. The van der Waals surface area contributed by atoms with Crippen LogP contribution in [-0.2, 0) is 0 Å². The van der Waals surface area contributed by atoms with Gasteiger partial charge in [-0.25, -0.2) is 0 Å². The van der Waals surface area contributed by atoms with Gasteiger partial charge in [-0.1, -0.05) is 17.7 Å². The van der Waals surface area contributed by atoms with E-state index in [4.69, 9.17) is 11.6 Å². The van der Waals surface area contributed by atoms with Crippen LogP contribution in [0.2, 0.25) is 5.02 Å². The minimum absolute atomic E-state index is 0.292. The molecule has 0 bridgehead atoms. The van der Waals surface area contributed by atoms with Crippen LogP contribution in [0, 0.1) is 9.49 Å². The number of thiophene rings is 1. The van der Waals surface area contributed by atoms with Crippen LogP contribution in [0.5, 0.6) is 0 Å². The summed E-state index contributed by atoms with van der Waals surface area (Å²) in [7, 11) is 0. The second kappa shape index (κ2) is 4.94. The van der Waals surface area contributed by atoms with Crippen LogP contribution in [0.4, 0.5) is 0 Å². The summed E-state index contributed by atoms with van der Waals surface area (Å²) < 4.78 is 1.12. The first kappa shape index (κ1) is 12.6. The summed E-state index contributed by atoms with van der Waals surface area (Å²) >= 11 is 9.82. The first-order chi connectivity index (χ1) is 8.65. The SMILES string of the molecule is O=C(c1ccc(-c2ccc(Cl)cc2I)s1)C1CC1. The Bertz CT molecular complexity index is 616. The zero-order valence-corrected chi connectivity index (χ0v) is 13.2. The number of Topliss-reactive ketones (excluding diaryl/α,β-unsaturated/α-hetero) is 1. The van der Waals surface area contributed by atoms with Crippen LogP contribution < -0.4 is 0 Å². The van der Waals surface area contributed by atoms with Gasteiger partial charge in [0.2, 0.25) is 0 Å². The molecule has 18 heavy (non-hydrogen) atoms. The molecule has 0 radical (unpaired) electrons. The fraction of sp³-hybridized carbons (Fsp3) is 0.214. The van der Waals surface area contributed by atoms with E-state index in [9.17, 15) is 4.79 Å². The Kier molecular flexibility index (Phi) is 3.47. The van der Waals surface area contributed by atoms with Gasteiger partial charge in [0.05, 0.1) is 4.88 Å². The molecule has 1 aliphatic carbocycles. The lowest BCUT2D eigenvalue weighted by atomic mass is 10.2. The van der Waals surface area contributed by atoms with Crippen LogP contribution >= 0.6 is 45.5 Å². The Hall–Kier alpha value is -0.390. The fourth-order valence-corrected chi connectivity index (χ4v) is 4.26. The highest BCUT2D eigenvalue weighted by atomic mass is 127. The molecule has 0 unspecified atom stereocenters. The molecule has 0 N–H and O–H groups in total. The van der Waals surface area contributed by atoms with Crippen molar-refractivity contribution in [1.29, 1.82) is 0 Å². The zero-order chi connectivity index (χ0) is 12.7. The van der Waals surface area contributed by atoms with Gasteiger partial charge in [-0.3, -0.25) is 4.79 Å². The number of hydrogen-bond acceptors (Lipinski definition) is 2. The van der Waals surface area contributed by atoms with Crippen molar-refractivity contribution in [3.8, 4) is 10.4 Å². The largest absolute Gasteiger partial charge is 0.293 e. The molecule has 0 amide bonds. The minimum atomic E-state index is 0.292. The average molecular weight is 389 g/mol. The van der Waals surface area contributed by atoms with E-state index in [1.807, 2.05) is 30.3 Å². The number of halogens is 2. The second-order valence-electron chi connectivity index (χ2n) is 4.43. The third-order valence-electron chi connectivity index (χ3n) is 2.99. The van der Waals surface area contributed by atoms with E-state index >= 15 is 0 Å². The van der Waals surface area contributed by atoms with Crippen molar-refractivity contribution in [2.75, 3.05) is 0 Å². The average Bonchev–Trinajstić information content (AvgIpc) is 3.07. The molecule has 1 fully saturated rings. The Balaban J connectivity index is 1.94. The van der Waals surface area contributed by atoms with Crippen LogP contribution in [0.15, 0.2) is 30.3 Å². The van der Waals surface area contributed by atoms with E-state index in [2.05, 4.69) is 22.6 Å². The molecular formula is C14H10ClIOS. The molecule has 1 aliphatic rings. The molecule has 0 atom stereocenters. The normalized spacial score (nSPS) is 14.8. The molecule has 1 saturated carbocycles. The lowest BCUT2D eigenvalue weighted by Crippen LogP contribution is -1.96. The monoisotopic (exact) mass is 388 g/mol. The van der Waals surface area contributed by atoms with E-state index in [-0.39, 0.29) is 0 Å².